The molecule has 0 aromatic carbocycles. The third-order valence-corrected chi connectivity index (χ3v) is 11.4. The van der Waals surface area contributed by atoms with Gasteiger partial charge in [-0.3, -0.25) is 14.4 Å². The average molecular weight is 571 g/mol. The van der Waals surface area contributed by atoms with Crippen LogP contribution in [0.15, 0.2) is 34.2 Å². The highest BCUT2D eigenvalue weighted by Crippen LogP contribution is 2.74. The summed E-state index contributed by atoms with van der Waals surface area (Å²) < 4.78 is 36.8. The number of hydrogen-bond acceptors (Lipinski definition) is 9. The molecule has 4 fully saturated rings. The average Bonchev–Trinajstić information content (AvgIpc) is 3.64. The first kappa shape index (κ1) is 28.5. The van der Waals surface area contributed by atoms with Gasteiger partial charge in [-0.1, -0.05) is 26.3 Å². The lowest BCUT2D eigenvalue weighted by molar-refractivity contribution is -0.252. The van der Waals surface area contributed by atoms with Gasteiger partial charge in [-0.05, 0) is 42.9 Å². The van der Waals surface area contributed by atoms with Crippen molar-refractivity contribution in [1.29, 1.82) is 0 Å². The molecule has 0 radical (unpaired) electrons. The summed E-state index contributed by atoms with van der Waals surface area (Å²) in [6.07, 6.45) is 3.66. The molecule has 2 aliphatic heterocycles. The highest BCUT2D eigenvalue weighted by Gasteiger charge is 2.78. The van der Waals surface area contributed by atoms with E-state index in [9.17, 15) is 14.4 Å². The Bertz CT molecular complexity index is 1270. The fourth-order valence-electron chi connectivity index (χ4n) is 10.1. The van der Waals surface area contributed by atoms with Gasteiger partial charge in [0.25, 0.3) is 0 Å². The molecule has 3 aliphatic carbocycles. The van der Waals surface area contributed by atoms with E-state index in [4.69, 9.17) is 28.1 Å². The fraction of sp³-hybridized carbons (Fsp3) is 0.719. The summed E-state index contributed by atoms with van der Waals surface area (Å²) in [7, 11) is 0. The number of furan rings is 1. The Kier molecular flexibility index (Phi) is 6.73. The normalized spacial score (nSPS) is 44.2. The van der Waals surface area contributed by atoms with E-state index in [1.165, 1.54) is 31.9 Å². The topological polar surface area (TPSA) is 111 Å². The Morgan fingerprint density at radius 2 is 1.71 bits per heavy atom. The minimum atomic E-state index is -0.580. The van der Waals surface area contributed by atoms with E-state index in [0.717, 1.165) is 12.0 Å². The minimum absolute atomic E-state index is 0.0812. The van der Waals surface area contributed by atoms with E-state index in [1.807, 2.05) is 12.3 Å². The van der Waals surface area contributed by atoms with E-state index in [-0.39, 0.29) is 60.6 Å². The number of rotatable bonds is 6. The lowest BCUT2D eigenvalue weighted by Crippen LogP contribution is -2.71. The van der Waals surface area contributed by atoms with Crippen LogP contribution in [0.3, 0.4) is 0 Å². The molecular formula is C32H42O9. The molecule has 9 heteroatoms. The third-order valence-electron chi connectivity index (χ3n) is 11.4. The van der Waals surface area contributed by atoms with Crippen molar-refractivity contribution in [2.24, 2.45) is 28.1 Å². The second kappa shape index (κ2) is 9.69. The predicted octanol–water partition coefficient (Wildman–Crippen LogP) is 4.73. The molecule has 9 nitrogen and oxygen atoms in total. The van der Waals surface area contributed by atoms with Gasteiger partial charge < -0.3 is 28.1 Å². The van der Waals surface area contributed by atoms with Crippen LogP contribution in [0.4, 0.5) is 0 Å². The van der Waals surface area contributed by atoms with Crippen LogP contribution in [0, 0.1) is 28.1 Å². The summed E-state index contributed by atoms with van der Waals surface area (Å²) in [5.74, 6) is -1.09. The molecule has 3 heterocycles. The van der Waals surface area contributed by atoms with Crippen molar-refractivity contribution >= 4 is 17.9 Å². The smallest absolute Gasteiger partial charge is 0.302 e. The van der Waals surface area contributed by atoms with Crippen molar-refractivity contribution in [3.63, 3.8) is 0 Å². The molecule has 0 amide bonds. The zero-order chi connectivity index (χ0) is 29.5. The van der Waals surface area contributed by atoms with Crippen LogP contribution in [0.5, 0.6) is 0 Å². The molecule has 1 aromatic heterocycles. The quantitative estimate of drug-likeness (QED) is 0.272. The van der Waals surface area contributed by atoms with Crippen LogP contribution in [-0.4, -0.2) is 61.6 Å². The molecule has 0 unspecified atom stereocenters. The number of fused-ring (bicyclic) bond motifs is 4. The van der Waals surface area contributed by atoms with Crippen molar-refractivity contribution in [3.8, 4) is 0 Å². The SMILES string of the molecule is CC(=O)OCC[C@H]1[C@]2(C)C3=C(C)[C@H](c4ccoc4)C[C@H]3O[C@@H]2[C@@H]2OC[C@]3(C)[C@H](OC(C)=O)C[C@@H](OC(C)=O)[C@@]1(C)[C@@H]23. The van der Waals surface area contributed by atoms with E-state index in [0.29, 0.717) is 19.4 Å². The first-order valence-corrected chi connectivity index (χ1v) is 14.8. The maximum absolute atomic E-state index is 12.6. The van der Waals surface area contributed by atoms with E-state index in [1.54, 1.807) is 6.26 Å². The Hall–Kier alpha value is -2.65. The Morgan fingerprint density at radius 3 is 2.34 bits per heavy atom. The summed E-state index contributed by atoms with van der Waals surface area (Å²) in [5, 5.41) is 0. The van der Waals surface area contributed by atoms with Gasteiger partial charge in [0.15, 0.2) is 0 Å². The van der Waals surface area contributed by atoms with Crippen molar-refractivity contribution < 1.29 is 42.5 Å². The Labute approximate surface area is 241 Å². The second-order valence-electron chi connectivity index (χ2n) is 13.5. The van der Waals surface area contributed by atoms with Gasteiger partial charge in [-0.25, -0.2) is 0 Å². The van der Waals surface area contributed by atoms with Crippen molar-refractivity contribution in [1.82, 2.24) is 0 Å². The molecule has 0 bridgehead atoms. The molecule has 0 spiro atoms. The summed E-state index contributed by atoms with van der Waals surface area (Å²) in [4.78, 5) is 36.7. The summed E-state index contributed by atoms with van der Waals surface area (Å²) in [6.45, 7) is 13.7. The van der Waals surface area contributed by atoms with E-state index >= 15 is 0 Å². The molecule has 224 valence electrons. The molecule has 6 rings (SSSR count). The predicted molar refractivity (Wildman–Crippen MR) is 145 cm³/mol. The van der Waals surface area contributed by atoms with Gasteiger partial charge in [0.1, 0.15) is 12.2 Å². The maximum Gasteiger partial charge on any atom is 0.302 e. The molecule has 1 aromatic rings. The van der Waals surface area contributed by atoms with Crippen molar-refractivity contribution in [2.75, 3.05) is 13.2 Å². The van der Waals surface area contributed by atoms with Gasteiger partial charge in [-0.15, -0.1) is 0 Å². The molecule has 2 saturated carbocycles. The van der Waals surface area contributed by atoms with Crippen LogP contribution in [-0.2, 0) is 38.1 Å². The van der Waals surface area contributed by atoms with Crippen LogP contribution >= 0.6 is 0 Å². The molecular weight excluding hydrogens is 528 g/mol. The summed E-state index contributed by atoms with van der Waals surface area (Å²) in [6, 6.07) is 2.02. The highest BCUT2D eigenvalue weighted by atomic mass is 16.6. The number of carbonyl (C=O) groups excluding carboxylic acids is 3. The molecule has 41 heavy (non-hydrogen) atoms. The first-order chi connectivity index (χ1) is 19.3. The molecule has 5 aliphatic rings. The van der Waals surface area contributed by atoms with Crippen molar-refractivity contribution in [3.05, 3.63) is 35.3 Å². The summed E-state index contributed by atoms with van der Waals surface area (Å²) in [5.41, 5.74) is 2.13. The second-order valence-corrected chi connectivity index (χ2v) is 13.5. The zero-order valence-electron chi connectivity index (χ0n) is 25.1. The number of carbonyl (C=O) groups is 3. The Balaban J connectivity index is 1.52. The summed E-state index contributed by atoms with van der Waals surface area (Å²) >= 11 is 0. The monoisotopic (exact) mass is 570 g/mol. The first-order valence-electron chi connectivity index (χ1n) is 14.8. The van der Waals surface area contributed by atoms with E-state index < -0.39 is 28.5 Å². The van der Waals surface area contributed by atoms with Gasteiger partial charge >= 0.3 is 17.9 Å². The Morgan fingerprint density at radius 1 is 1.00 bits per heavy atom. The van der Waals surface area contributed by atoms with Crippen LogP contribution in [0.25, 0.3) is 0 Å². The maximum atomic E-state index is 12.6. The fourth-order valence-corrected chi connectivity index (χ4v) is 10.1. The van der Waals surface area contributed by atoms with Crippen molar-refractivity contribution in [2.45, 2.75) is 104 Å². The van der Waals surface area contributed by atoms with Crippen LogP contribution in [0.2, 0.25) is 0 Å². The standard InChI is InChI=1S/C32H42O9/c1-16-21(20-8-10-36-14-20)12-22-26(16)32(7)23(9-11-37-17(2)33)31(6)25(40-19(4)35)13-24(39-18(3)34)30(5)15-38-27(28(30)31)29(32)41-22/h8,10,14,21-25,27-29H,9,11-13,15H2,1-7H3/t21-,22-,23-,24-,25-,27-,28+,29-,30-,31+,32-/m1/s1. The number of hydrogen-bond donors (Lipinski definition) is 0. The van der Waals surface area contributed by atoms with Gasteiger partial charge in [-0.2, -0.15) is 0 Å². The van der Waals surface area contributed by atoms with E-state index in [2.05, 4.69) is 27.7 Å². The molecule has 11 atom stereocenters. The van der Waals surface area contributed by atoms with Crippen LogP contribution in [0.1, 0.15) is 79.2 Å². The molecule has 0 N–H and O–H groups in total. The number of esters is 3. The lowest BCUT2D eigenvalue weighted by atomic mass is 9.40. The largest absolute Gasteiger partial charge is 0.472 e. The zero-order valence-corrected chi connectivity index (χ0v) is 25.1. The lowest BCUT2D eigenvalue weighted by Gasteiger charge is -2.65. The van der Waals surface area contributed by atoms with Gasteiger partial charge in [0, 0.05) is 55.3 Å². The highest BCUT2D eigenvalue weighted by molar-refractivity contribution is 5.67. The number of allylic oxidation sites excluding steroid dienone is 1. The number of ether oxygens (including phenoxy) is 5. The van der Waals surface area contributed by atoms with Crippen LogP contribution < -0.4 is 0 Å². The molecule has 2 saturated heterocycles. The van der Waals surface area contributed by atoms with Gasteiger partial charge in [0.05, 0.1) is 44.1 Å². The van der Waals surface area contributed by atoms with Gasteiger partial charge in [0.2, 0.25) is 0 Å². The third kappa shape index (κ3) is 3.98. The minimum Gasteiger partial charge on any atom is -0.472 e.